The molecule has 3 aromatic heterocycles. The van der Waals surface area contributed by atoms with Gasteiger partial charge in [0.05, 0.1) is 28.7 Å². The van der Waals surface area contributed by atoms with Crippen molar-refractivity contribution in [1.82, 2.24) is 19.7 Å². The number of carboxylic acid groups (broad SMARTS) is 1. The molecule has 0 spiro atoms. The van der Waals surface area contributed by atoms with E-state index in [0.717, 1.165) is 16.7 Å². The SMILES string of the molecule is Cc1noc(C)c1-c1cnc2c(-c3ccc(C(=O)O)cc3)cn(CC3CCC(F)(F)CC3)c2n1. The largest absolute Gasteiger partial charge is 0.478 e. The summed E-state index contributed by atoms with van der Waals surface area (Å²) in [5.74, 6) is -2.82. The van der Waals surface area contributed by atoms with Crippen molar-refractivity contribution >= 4 is 17.1 Å². The number of hydrogen-bond donors (Lipinski definition) is 1. The third kappa shape index (κ3) is 4.06. The molecule has 176 valence electrons. The Morgan fingerprint density at radius 1 is 1.21 bits per heavy atom. The van der Waals surface area contributed by atoms with E-state index in [9.17, 15) is 18.7 Å². The van der Waals surface area contributed by atoms with Crippen molar-refractivity contribution < 1.29 is 23.2 Å². The lowest BCUT2D eigenvalue weighted by Crippen LogP contribution is -2.26. The molecule has 1 N–H and O–H groups in total. The number of aromatic nitrogens is 4. The van der Waals surface area contributed by atoms with Gasteiger partial charge in [-0.1, -0.05) is 17.3 Å². The molecule has 34 heavy (non-hydrogen) atoms. The smallest absolute Gasteiger partial charge is 0.335 e. The van der Waals surface area contributed by atoms with Crippen LogP contribution in [0.3, 0.4) is 0 Å². The Balaban J connectivity index is 1.59. The Kier molecular flexibility index (Phi) is 5.42. The quantitative estimate of drug-likeness (QED) is 0.394. The average Bonchev–Trinajstić information content (AvgIpc) is 3.34. The second-order valence-electron chi connectivity index (χ2n) is 9.00. The fraction of sp³-hybridized carbons (Fsp3) is 0.360. The highest BCUT2D eigenvalue weighted by Crippen LogP contribution is 2.38. The number of benzene rings is 1. The summed E-state index contributed by atoms with van der Waals surface area (Å²) in [6, 6.07) is 6.59. The van der Waals surface area contributed by atoms with Gasteiger partial charge in [-0.2, -0.15) is 0 Å². The number of carbonyl (C=O) groups is 1. The Labute approximate surface area is 194 Å². The van der Waals surface area contributed by atoms with Crippen molar-refractivity contribution in [1.29, 1.82) is 0 Å². The molecule has 0 radical (unpaired) electrons. The number of rotatable bonds is 5. The van der Waals surface area contributed by atoms with E-state index in [-0.39, 0.29) is 24.3 Å². The average molecular weight is 466 g/mol. The molecule has 0 atom stereocenters. The third-order valence-corrected chi connectivity index (χ3v) is 6.59. The highest BCUT2D eigenvalue weighted by Gasteiger charge is 2.35. The van der Waals surface area contributed by atoms with Crippen molar-refractivity contribution in [2.24, 2.45) is 5.92 Å². The normalized spacial score (nSPS) is 16.2. The molecule has 1 aliphatic carbocycles. The number of hydrogen-bond acceptors (Lipinski definition) is 5. The summed E-state index contributed by atoms with van der Waals surface area (Å²) in [6.07, 6.45) is 4.31. The molecule has 9 heteroatoms. The van der Waals surface area contributed by atoms with Crippen LogP contribution in [-0.4, -0.2) is 36.7 Å². The van der Waals surface area contributed by atoms with Crippen LogP contribution < -0.4 is 0 Å². The van der Waals surface area contributed by atoms with Crippen LogP contribution in [0.25, 0.3) is 33.5 Å². The van der Waals surface area contributed by atoms with Gasteiger partial charge in [-0.25, -0.2) is 23.5 Å². The van der Waals surface area contributed by atoms with Gasteiger partial charge in [0.25, 0.3) is 0 Å². The molecular formula is C25H24F2N4O3. The summed E-state index contributed by atoms with van der Waals surface area (Å²) in [4.78, 5) is 20.8. The van der Waals surface area contributed by atoms with Gasteiger partial charge in [0.1, 0.15) is 11.3 Å². The fourth-order valence-corrected chi connectivity index (χ4v) is 4.72. The summed E-state index contributed by atoms with van der Waals surface area (Å²) in [5.41, 5.74) is 5.25. The molecule has 0 unspecified atom stereocenters. The van der Waals surface area contributed by atoms with Crippen LogP contribution in [-0.2, 0) is 6.54 Å². The summed E-state index contributed by atoms with van der Waals surface area (Å²) in [6.45, 7) is 4.21. The van der Waals surface area contributed by atoms with Crippen LogP contribution in [0.1, 0.15) is 47.5 Å². The predicted octanol–water partition coefficient (Wildman–Crippen LogP) is 5.89. The molecule has 7 nitrogen and oxygen atoms in total. The number of fused-ring (bicyclic) bond motifs is 1. The number of nitrogens with zero attached hydrogens (tertiary/aromatic N) is 4. The van der Waals surface area contributed by atoms with E-state index in [1.165, 1.54) is 0 Å². The molecule has 1 fully saturated rings. The van der Waals surface area contributed by atoms with Crippen LogP contribution >= 0.6 is 0 Å². The molecule has 0 saturated heterocycles. The fourth-order valence-electron chi connectivity index (χ4n) is 4.72. The van der Waals surface area contributed by atoms with Gasteiger partial charge in [-0.3, -0.25) is 0 Å². The number of aryl methyl sites for hydroxylation is 2. The van der Waals surface area contributed by atoms with E-state index < -0.39 is 11.9 Å². The van der Waals surface area contributed by atoms with E-state index in [4.69, 9.17) is 14.5 Å². The highest BCUT2D eigenvalue weighted by atomic mass is 19.3. The predicted molar refractivity (Wildman–Crippen MR) is 122 cm³/mol. The Bertz CT molecular complexity index is 1350. The van der Waals surface area contributed by atoms with E-state index in [1.54, 1.807) is 30.5 Å². The van der Waals surface area contributed by atoms with Gasteiger partial charge < -0.3 is 14.2 Å². The number of carboxylic acids is 1. The number of alkyl halides is 2. The number of aromatic carboxylic acids is 1. The molecule has 1 saturated carbocycles. The first-order valence-corrected chi connectivity index (χ1v) is 11.2. The van der Waals surface area contributed by atoms with Crippen LogP contribution in [0.15, 0.2) is 41.2 Å². The van der Waals surface area contributed by atoms with Crippen LogP contribution in [0.5, 0.6) is 0 Å². The van der Waals surface area contributed by atoms with Gasteiger partial charge in [-0.15, -0.1) is 0 Å². The molecule has 1 aliphatic rings. The molecule has 4 aromatic rings. The van der Waals surface area contributed by atoms with E-state index in [0.29, 0.717) is 47.7 Å². The second-order valence-corrected chi connectivity index (χ2v) is 9.00. The van der Waals surface area contributed by atoms with Crippen LogP contribution in [0.4, 0.5) is 8.78 Å². The zero-order valence-corrected chi connectivity index (χ0v) is 18.9. The maximum absolute atomic E-state index is 13.7. The van der Waals surface area contributed by atoms with E-state index in [1.807, 2.05) is 24.6 Å². The first-order valence-electron chi connectivity index (χ1n) is 11.2. The molecule has 1 aromatic carbocycles. The lowest BCUT2D eigenvalue weighted by atomic mass is 9.87. The minimum atomic E-state index is -2.58. The van der Waals surface area contributed by atoms with Gasteiger partial charge in [0.15, 0.2) is 5.65 Å². The van der Waals surface area contributed by atoms with Gasteiger partial charge >= 0.3 is 5.97 Å². The molecule has 0 bridgehead atoms. The maximum Gasteiger partial charge on any atom is 0.335 e. The second kappa shape index (κ2) is 8.30. The maximum atomic E-state index is 13.7. The zero-order chi connectivity index (χ0) is 24.0. The van der Waals surface area contributed by atoms with Crippen LogP contribution in [0, 0.1) is 19.8 Å². The van der Waals surface area contributed by atoms with Crippen molar-refractivity contribution in [3.05, 3.63) is 53.7 Å². The van der Waals surface area contributed by atoms with Gasteiger partial charge in [0, 0.05) is 31.1 Å². The molecule has 0 aliphatic heterocycles. The molecular weight excluding hydrogens is 442 g/mol. The minimum Gasteiger partial charge on any atom is -0.478 e. The topological polar surface area (TPSA) is 94.0 Å². The van der Waals surface area contributed by atoms with Gasteiger partial charge in [0.2, 0.25) is 5.92 Å². The molecule has 0 amide bonds. The summed E-state index contributed by atoms with van der Waals surface area (Å²) < 4.78 is 34.6. The summed E-state index contributed by atoms with van der Waals surface area (Å²) in [5, 5.41) is 13.2. The highest BCUT2D eigenvalue weighted by molar-refractivity contribution is 5.93. The van der Waals surface area contributed by atoms with Crippen molar-refractivity contribution in [3.8, 4) is 22.4 Å². The summed E-state index contributed by atoms with van der Waals surface area (Å²) in [7, 11) is 0. The van der Waals surface area contributed by atoms with E-state index in [2.05, 4.69) is 5.16 Å². The first-order chi connectivity index (χ1) is 16.2. The van der Waals surface area contributed by atoms with Crippen molar-refractivity contribution in [3.63, 3.8) is 0 Å². The molecule has 3 heterocycles. The monoisotopic (exact) mass is 466 g/mol. The number of halogens is 2. The van der Waals surface area contributed by atoms with Gasteiger partial charge in [-0.05, 0) is 50.3 Å². The lowest BCUT2D eigenvalue weighted by Gasteiger charge is -2.28. The van der Waals surface area contributed by atoms with E-state index >= 15 is 0 Å². The minimum absolute atomic E-state index is 0.101. The van der Waals surface area contributed by atoms with Crippen molar-refractivity contribution in [2.45, 2.75) is 52.0 Å². The molecule has 5 rings (SSSR count). The Morgan fingerprint density at radius 3 is 2.53 bits per heavy atom. The standard InChI is InChI=1S/C25H24F2N4O3/c1-14-21(15(2)34-30-14)20-11-28-22-19(17-3-5-18(6-4-17)24(32)33)13-31(23(22)29-20)12-16-7-9-25(26,27)10-8-16/h3-6,11,13,16H,7-10,12H2,1-2H3,(H,32,33). The third-order valence-electron chi connectivity index (χ3n) is 6.59. The van der Waals surface area contributed by atoms with Crippen molar-refractivity contribution in [2.75, 3.05) is 0 Å². The first kappa shape index (κ1) is 22.2. The summed E-state index contributed by atoms with van der Waals surface area (Å²) >= 11 is 0. The Morgan fingerprint density at radius 2 is 1.91 bits per heavy atom. The lowest BCUT2D eigenvalue weighted by molar-refractivity contribution is -0.0472. The van der Waals surface area contributed by atoms with Crippen LogP contribution in [0.2, 0.25) is 0 Å². The Hall–Kier alpha value is -3.62. The zero-order valence-electron chi connectivity index (χ0n) is 18.9.